The molecule has 1 heterocycles. The minimum atomic E-state index is -1.64. The molecular formula is C15H21N3OSi. The zero-order valence-electron chi connectivity index (χ0n) is 12.7. The van der Waals surface area contributed by atoms with Gasteiger partial charge in [-0.15, -0.1) is 0 Å². The number of aliphatic imine (C=N–C) groups is 1. The fraction of sp³-hybridized carbons (Fsp3) is 0.333. The molecule has 0 bridgehead atoms. The van der Waals surface area contributed by atoms with Crippen LogP contribution < -0.4 is 4.43 Å². The Kier molecular flexibility index (Phi) is 4.08. The fourth-order valence-electron chi connectivity index (χ4n) is 1.81. The molecule has 0 aliphatic carbocycles. The first-order valence-electron chi connectivity index (χ1n) is 6.68. The lowest BCUT2D eigenvalue weighted by Gasteiger charge is -2.20. The highest BCUT2D eigenvalue weighted by molar-refractivity contribution is 6.70. The van der Waals surface area contributed by atoms with Crippen LogP contribution in [0.15, 0.2) is 41.5 Å². The molecule has 0 atom stereocenters. The van der Waals surface area contributed by atoms with Crippen molar-refractivity contribution in [1.82, 2.24) is 9.78 Å². The number of aryl methyl sites for hydroxylation is 1. The topological polar surface area (TPSA) is 39.4 Å². The van der Waals surface area contributed by atoms with Crippen LogP contribution in [0.1, 0.15) is 12.6 Å². The van der Waals surface area contributed by atoms with Gasteiger partial charge in [-0.25, -0.2) is 4.99 Å². The predicted octanol–water partition coefficient (Wildman–Crippen LogP) is 3.77. The maximum Gasteiger partial charge on any atom is 0.242 e. The lowest BCUT2D eigenvalue weighted by molar-refractivity contribution is 0.559. The third-order valence-corrected chi connectivity index (χ3v) is 3.49. The van der Waals surface area contributed by atoms with Crippen LogP contribution in [0.4, 0.5) is 5.69 Å². The molecule has 0 aliphatic heterocycles. The Morgan fingerprint density at radius 2 is 1.90 bits per heavy atom. The van der Waals surface area contributed by atoms with Crippen molar-refractivity contribution < 1.29 is 4.43 Å². The second-order valence-electron chi connectivity index (χ2n) is 5.75. The molecule has 0 amide bonds. The Morgan fingerprint density at radius 3 is 2.50 bits per heavy atom. The van der Waals surface area contributed by atoms with Gasteiger partial charge in [0.05, 0.1) is 5.71 Å². The normalized spacial score (nSPS) is 12.6. The summed E-state index contributed by atoms with van der Waals surface area (Å²) in [4.78, 5) is 4.66. The van der Waals surface area contributed by atoms with Crippen molar-refractivity contribution in [2.75, 3.05) is 0 Å². The highest BCUT2D eigenvalue weighted by atomic mass is 28.4. The summed E-state index contributed by atoms with van der Waals surface area (Å²) in [6, 6.07) is 9.86. The van der Waals surface area contributed by atoms with E-state index in [1.165, 1.54) is 0 Å². The van der Waals surface area contributed by atoms with E-state index in [2.05, 4.69) is 29.7 Å². The van der Waals surface area contributed by atoms with Gasteiger partial charge in [0.15, 0.2) is 0 Å². The van der Waals surface area contributed by atoms with Gasteiger partial charge < -0.3 is 4.43 Å². The van der Waals surface area contributed by atoms with Crippen LogP contribution in [0.25, 0.3) is 0 Å². The SMILES string of the molecule is CC(=Nc1ccccc1O[Si](C)(C)C)c1ccn(C)n1. The molecular weight excluding hydrogens is 266 g/mol. The van der Waals surface area contributed by atoms with Gasteiger partial charge >= 0.3 is 0 Å². The van der Waals surface area contributed by atoms with Crippen LogP contribution in [-0.4, -0.2) is 23.8 Å². The second-order valence-corrected chi connectivity index (χ2v) is 10.2. The monoisotopic (exact) mass is 287 g/mol. The van der Waals surface area contributed by atoms with Crippen LogP contribution in [0.2, 0.25) is 19.6 Å². The van der Waals surface area contributed by atoms with Crippen LogP contribution in [-0.2, 0) is 7.05 Å². The summed E-state index contributed by atoms with van der Waals surface area (Å²) >= 11 is 0. The Labute approximate surface area is 121 Å². The number of benzene rings is 1. The largest absolute Gasteiger partial charge is 0.543 e. The van der Waals surface area contributed by atoms with Gasteiger partial charge in [0.2, 0.25) is 8.32 Å². The summed E-state index contributed by atoms with van der Waals surface area (Å²) in [5, 5.41) is 4.36. The standard InChI is InChI=1S/C15H21N3OSi/c1-12(13-10-11-18(2)17-13)16-14-8-6-7-9-15(14)19-20(3,4)5/h6-11H,1-5H3. The van der Waals surface area contributed by atoms with Crippen molar-refractivity contribution in [3.05, 3.63) is 42.2 Å². The molecule has 0 spiro atoms. The molecule has 5 heteroatoms. The van der Waals surface area contributed by atoms with Crippen molar-refractivity contribution in [3.63, 3.8) is 0 Å². The Hall–Kier alpha value is -1.88. The summed E-state index contributed by atoms with van der Waals surface area (Å²) < 4.78 is 7.86. The number of rotatable bonds is 4. The van der Waals surface area contributed by atoms with E-state index in [1.807, 2.05) is 50.5 Å². The van der Waals surface area contributed by atoms with Gasteiger partial charge in [-0.05, 0) is 44.8 Å². The number of para-hydroxylation sites is 2. The first-order valence-corrected chi connectivity index (χ1v) is 10.1. The average molecular weight is 287 g/mol. The van der Waals surface area contributed by atoms with E-state index in [0.29, 0.717) is 0 Å². The van der Waals surface area contributed by atoms with Crippen molar-refractivity contribution in [2.45, 2.75) is 26.6 Å². The Bertz CT molecular complexity index is 626. The molecule has 0 N–H and O–H groups in total. The highest BCUT2D eigenvalue weighted by Gasteiger charge is 2.18. The van der Waals surface area contributed by atoms with Crippen molar-refractivity contribution in [3.8, 4) is 5.75 Å². The van der Waals surface area contributed by atoms with Gasteiger partial charge in [0.1, 0.15) is 17.1 Å². The summed E-state index contributed by atoms with van der Waals surface area (Å²) in [5.74, 6) is 0.849. The molecule has 1 aromatic carbocycles. The van der Waals surface area contributed by atoms with Crippen molar-refractivity contribution in [2.24, 2.45) is 12.0 Å². The molecule has 0 fully saturated rings. The van der Waals surface area contributed by atoms with Crippen molar-refractivity contribution >= 4 is 19.7 Å². The van der Waals surface area contributed by atoms with Crippen LogP contribution in [0.5, 0.6) is 5.75 Å². The number of nitrogens with zero attached hydrogens (tertiary/aromatic N) is 3. The fourth-order valence-corrected chi connectivity index (χ4v) is 2.64. The molecule has 1 aromatic heterocycles. The van der Waals surface area contributed by atoms with E-state index in [0.717, 1.165) is 22.8 Å². The van der Waals surface area contributed by atoms with Crippen LogP contribution >= 0.6 is 0 Å². The maximum atomic E-state index is 6.08. The molecule has 0 radical (unpaired) electrons. The molecule has 0 aliphatic rings. The number of aromatic nitrogens is 2. The second kappa shape index (κ2) is 5.62. The lowest BCUT2D eigenvalue weighted by Crippen LogP contribution is -2.29. The van der Waals surface area contributed by atoms with Gasteiger partial charge in [-0.3, -0.25) is 4.68 Å². The maximum absolute atomic E-state index is 6.08. The highest BCUT2D eigenvalue weighted by Crippen LogP contribution is 2.29. The van der Waals surface area contributed by atoms with Crippen molar-refractivity contribution in [1.29, 1.82) is 0 Å². The van der Waals surface area contributed by atoms with E-state index in [4.69, 9.17) is 4.43 Å². The smallest absolute Gasteiger partial charge is 0.242 e. The molecule has 106 valence electrons. The molecule has 0 saturated carbocycles. The number of hydrogen-bond donors (Lipinski definition) is 0. The van der Waals surface area contributed by atoms with E-state index in [9.17, 15) is 0 Å². The Morgan fingerprint density at radius 1 is 1.20 bits per heavy atom. The molecule has 0 saturated heterocycles. The van der Waals surface area contributed by atoms with E-state index < -0.39 is 8.32 Å². The molecule has 2 aromatic rings. The van der Waals surface area contributed by atoms with Gasteiger partial charge in [-0.1, -0.05) is 12.1 Å². The summed E-state index contributed by atoms with van der Waals surface area (Å²) in [6.45, 7) is 8.46. The van der Waals surface area contributed by atoms with Crippen LogP contribution in [0, 0.1) is 0 Å². The number of hydrogen-bond acceptors (Lipinski definition) is 3. The van der Waals surface area contributed by atoms with E-state index in [-0.39, 0.29) is 0 Å². The predicted molar refractivity (Wildman–Crippen MR) is 85.5 cm³/mol. The minimum absolute atomic E-state index is 0.849. The minimum Gasteiger partial charge on any atom is -0.543 e. The first-order chi connectivity index (χ1) is 9.35. The molecule has 20 heavy (non-hydrogen) atoms. The van der Waals surface area contributed by atoms with Gasteiger partial charge in [-0.2, -0.15) is 5.10 Å². The third-order valence-electron chi connectivity index (χ3n) is 2.65. The summed E-state index contributed by atoms with van der Waals surface area (Å²) in [6.07, 6.45) is 1.92. The molecule has 2 rings (SSSR count). The zero-order chi connectivity index (χ0) is 14.8. The van der Waals surface area contributed by atoms with Gasteiger partial charge in [0.25, 0.3) is 0 Å². The first kappa shape index (κ1) is 14.5. The summed E-state index contributed by atoms with van der Waals surface area (Å²) in [7, 11) is 0.257. The lowest BCUT2D eigenvalue weighted by atomic mass is 10.2. The zero-order valence-corrected chi connectivity index (χ0v) is 13.7. The molecule has 0 unspecified atom stereocenters. The molecule has 4 nitrogen and oxygen atoms in total. The Balaban J connectivity index is 2.33. The quantitative estimate of drug-likeness (QED) is 0.634. The van der Waals surface area contributed by atoms with Gasteiger partial charge in [0, 0.05) is 13.2 Å². The third kappa shape index (κ3) is 3.80. The van der Waals surface area contributed by atoms with E-state index >= 15 is 0 Å². The van der Waals surface area contributed by atoms with Crippen LogP contribution in [0.3, 0.4) is 0 Å². The summed E-state index contributed by atoms with van der Waals surface area (Å²) in [5.41, 5.74) is 2.63. The average Bonchev–Trinajstić information content (AvgIpc) is 2.77. The van der Waals surface area contributed by atoms with E-state index in [1.54, 1.807) is 4.68 Å².